The number of carbonyl (C=O) groups excluding carboxylic acids is 1. The number of aromatic nitrogens is 2. The van der Waals surface area contributed by atoms with Crippen LogP contribution in [0.1, 0.15) is 27.7 Å². The molecule has 0 saturated heterocycles. The molecule has 0 aromatic carbocycles. The van der Waals surface area contributed by atoms with Gasteiger partial charge in [-0.3, -0.25) is 9.59 Å². The Morgan fingerprint density at radius 3 is 2.35 bits per heavy atom. The number of aromatic amines is 1. The maximum atomic E-state index is 12.1. The van der Waals surface area contributed by atoms with E-state index >= 15 is 0 Å². The molecule has 1 aliphatic rings. The summed E-state index contributed by atoms with van der Waals surface area (Å²) >= 11 is 6.70. The van der Waals surface area contributed by atoms with E-state index in [0.717, 1.165) is 0 Å². The second-order valence-corrected chi connectivity index (χ2v) is 10.5. The van der Waals surface area contributed by atoms with Gasteiger partial charge in [0.2, 0.25) is 0 Å². The van der Waals surface area contributed by atoms with Gasteiger partial charge in [0, 0.05) is 12.3 Å². The van der Waals surface area contributed by atoms with Crippen LogP contribution >= 0.6 is 43.0 Å². The van der Waals surface area contributed by atoms with Crippen molar-refractivity contribution in [3.05, 3.63) is 22.6 Å². The first-order valence-electron chi connectivity index (χ1n) is 5.94. The lowest BCUT2D eigenvalue weighted by Gasteiger charge is -2.60. The van der Waals surface area contributed by atoms with Gasteiger partial charge in [0.25, 0.3) is 5.56 Å². The molecule has 1 aliphatic carbocycles. The number of nitrogens with zero attached hydrogens (tertiary/aromatic N) is 1. The summed E-state index contributed by atoms with van der Waals surface area (Å²) in [6, 6.07) is 1.36. The second kappa shape index (κ2) is 5.26. The van der Waals surface area contributed by atoms with E-state index in [1.807, 2.05) is 27.7 Å². The number of H-pyrrole nitrogens is 1. The van der Waals surface area contributed by atoms with Gasteiger partial charge in [-0.15, -0.1) is 11.6 Å². The summed E-state index contributed by atoms with van der Waals surface area (Å²) in [6.45, 7) is 7.48. The fraction of sp³-hybridized carbons (Fsp3) is 0.583. The van der Waals surface area contributed by atoms with Crippen LogP contribution in [0.4, 0.5) is 0 Å². The molecule has 1 heterocycles. The molecule has 0 unspecified atom stereocenters. The zero-order chi connectivity index (χ0) is 15.2. The van der Waals surface area contributed by atoms with Crippen molar-refractivity contribution < 1.29 is 4.79 Å². The van der Waals surface area contributed by atoms with Crippen LogP contribution in [0.2, 0.25) is 0 Å². The maximum absolute atomic E-state index is 12.1. The Labute approximate surface area is 134 Å². The Kier molecular flexibility index (Phi) is 4.28. The van der Waals surface area contributed by atoms with Gasteiger partial charge in [0.05, 0.1) is 10.8 Å². The number of rotatable bonds is 4. The highest BCUT2D eigenvalue weighted by atomic mass is 35.5. The van der Waals surface area contributed by atoms with Gasteiger partial charge >= 0.3 is 0 Å². The number of alkyl halides is 1. The van der Waals surface area contributed by atoms with Crippen LogP contribution in [0.5, 0.6) is 0 Å². The van der Waals surface area contributed by atoms with Gasteiger partial charge < -0.3 is 4.98 Å². The van der Waals surface area contributed by atoms with Crippen LogP contribution in [-0.2, 0) is 4.79 Å². The number of carbonyl (C=O) groups is 1. The number of nitrogens with one attached hydrogen (secondary N) is 1. The molecule has 8 heteroatoms. The van der Waals surface area contributed by atoms with Crippen molar-refractivity contribution in [1.82, 2.24) is 9.97 Å². The molecule has 0 spiro atoms. The highest BCUT2D eigenvalue weighted by Gasteiger charge is 2.72. The van der Waals surface area contributed by atoms with Crippen LogP contribution in [0.15, 0.2) is 22.2 Å². The summed E-state index contributed by atoms with van der Waals surface area (Å²) in [7, 11) is 4.20. The average molecular weight is 351 g/mol. The minimum atomic E-state index is -0.677. The minimum absolute atomic E-state index is 0.171. The Morgan fingerprint density at radius 2 is 1.80 bits per heavy atom. The predicted molar refractivity (Wildman–Crippen MR) is 87.0 cm³/mol. The molecule has 2 rings (SSSR count). The van der Waals surface area contributed by atoms with E-state index in [4.69, 9.17) is 11.6 Å². The molecule has 0 radical (unpaired) electrons. The third kappa shape index (κ3) is 2.32. The van der Waals surface area contributed by atoms with Gasteiger partial charge in [-0.25, -0.2) is 4.98 Å². The van der Waals surface area contributed by atoms with Crippen molar-refractivity contribution in [2.45, 2.75) is 37.1 Å². The molecule has 1 fully saturated rings. The van der Waals surface area contributed by atoms with Gasteiger partial charge in [0.1, 0.15) is 9.99 Å². The normalized spacial score (nSPS) is 22.4. The lowest BCUT2D eigenvalue weighted by molar-refractivity contribution is -0.153. The molecule has 1 N–H and O–H groups in total. The van der Waals surface area contributed by atoms with Gasteiger partial charge in [-0.05, 0) is 20.6 Å². The maximum Gasteiger partial charge on any atom is 0.251 e. The number of hydrogen-bond donors (Lipinski definition) is 1. The van der Waals surface area contributed by atoms with E-state index < -0.39 is 15.0 Å². The minimum Gasteiger partial charge on any atom is -0.301 e. The Hall–Kier alpha value is -0.110. The molecule has 1 saturated carbocycles. The number of ketones is 1. The third-order valence-electron chi connectivity index (χ3n) is 3.65. The first kappa shape index (κ1) is 16.3. The summed E-state index contributed by atoms with van der Waals surface area (Å²) < 4.78 is -0.677. The Bertz CT molecular complexity index is 582. The molecule has 1 aromatic heterocycles. The summed E-state index contributed by atoms with van der Waals surface area (Å²) in [5, 5.41) is 0.525. The zero-order valence-electron chi connectivity index (χ0n) is 11.5. The van der Waals surface area contributed by atoms with E-state index in [1.165, 1.54) is 43.7 Å². The molecule has 0 amide bonds. The van der Waals surface area contributed by atoms with Gasteiger partial charge in [-0.1, -0.05) is 38.5 Å². The molecule has 0 aliphatic heterocycles. The lowest BCUT2D eigenvalue weighted by Crippen LogP contribution is -2.69. The zero-order valence-corrected chi connectivity index (χ0v) is 14.7. The first-order chi connectivity index (χ1) is 9.13. The molecule has 4 nitrogen and oxygen atoms in total. The number of hydrogen-bond acceptors (Lipinski definition) is 6. The summed E-state index contributed by atoms with van der Waals surface area (Å²) in [5.41, 5.74) is -1.34. The fourth-order valence-electron chi connectivity index (χ4n) is 2.49. The quantitative estimate of drug-likeness (QED) is 0.507. The highest BCUT2D eigenvalue weighted by Crippen LogP contribution is 2.71. The largest absolute Gasteiger partial charge is 0.301 e. The summed E-state index contributed by atoms with van der Waals surface area (Å²) in [5.74, 6) is 0.171. The number of halogens is 1. The van der Waals surface area contributed by atoms with E-state index in [2.05, 4.69) is 9.97 Å². The van der Waals surface area contributed by atoms with Crippen LogP contribution in [-0.4, -0.2) is 20.0 Å². The molecule has 0 bridgehead atoms. The van der Waals surface area contributed by atoms with Crippen LogP contribution in [0.3, 0.4) is 0 Å². The highest BCUT2D eigenvalue weighted by molar-refractivity contribution is 9.09. The van der Waals surface area contributed by atoms with E-state index in [0.29, 0.717) is 5.16 Å². The Morgan fingerprint density at radius 1 is 1.20 bits per heavy atom. The summed E-state index contributed by atoms with van der Waals surface area (Å²) in [6.07, 6.45) is 1.46. The van der Waals surface area contributed by atoms with Gasteiger partial charge in [0.15, 0.2) is 5.16 Å². The van der Waals surface area contributed by atoms with Crippen LogP contribution in [0.25, 0.3) is 0 Å². The monoisotopic (exact) mass is 350 g/mol. The molecule has 0 atom stereocenters. The van der Waals surface area contributed by atoms with Crippen molar-refractivity contribution in [1.29, 1.82) is 0 Å². The van der Waals surface area contributed by atoms with Gasteiger partial charge in [-0.2, -0.15) is 0 Å². The standard InChI is InChI=1S/C12H15ClN2O2S3/c1-10(2)8(17)11(3,4)12(10,13)19-20-18-9-14-6-5-7(16)15-9/h5-6H,1-4H3,(H,14,15,16). The fourth-order valence-corrected chi connectivity index (χ4v) is 8.21. The van der Waals surface area contributed by atoms with E-state index in [9.17, 15) is 9.59 Å². The molecule has 110 valence electrons. The van der Waals surface area contributed by atoms with Crippen LogP contribution < -0.4 is 5.56 Å². The Balaban J connectivity index is 2.04. The van der Waals surface area contributed by atoms with Crippen molar-refractivity contribution in [2.24, 2.45) is 10.8 Å². The average Bonchev–Trinajstić information content (AvgIpc) is 2.37. The smallest absolute Gasteiger partial charge is 0.251 e. The molecular weight excluding hydrogens is 336 g/mol. The van der Waals surface area contributed by atoms with Crippen molar-refractivity contribution in [2.75, 3.05) is 0 Å². The van der Waals surface area contributed by atoms with Crippen molar-refractivity contribution in [3.8, 4) is 0 Å². The van der Waals surface area contributed by atoms with Crippen LogP contribution in [0, 0.1) is 10.8 Å². The number of Topliss-reactive ketones (excluding diaryl/α,β-unsaturated/α-hetero) is 1. The molecule has 1 aromatic rings. The molecular formula is C12H15ClN2O2S3. The SMILES string of the molecule is CC1(C)C(=O)C(C)(C)C1(Cl)SSSc1nccc(=O)[nH]1. The van der Waals surface area contributed by atoms with E-state index in [-0.39, 0.29) is 11.3 Å². The van der Waals surface area contributed by atoms with E-state index in [1.54, 1.807) is 0 Å². The predicted octanol–water partition coefficient (Wildman–Crippen LogP) is 3.73. The summed E-state index contributed by atoms with van der Waals surface area (Å²) in [4.78, 5) is 30.0. The van der Waals surface area contributed by atoms with Crippen molar-refractivity contribution in [3.63, 3.8) is 0 Å². The topological polar surface area (TPSA) is 62.8 Å². The molecule has 20 heavy (non-hydrogen) atoms. The third-order valence-corrected chi connectivity index (χ3v) is 9.71. The second-order valence-electron chi connectivity index (χ2n) is 5.65. The first-order valence-corrected chi connectivity index (χ1v) is 9.80. The lowest BCUT2D eigenvalue weighted by atomic mass is 9.54. The van der Waals surface area contributed by atoms with Crippen molar-refractivity contribution >= 4 is 48.8 Å².